The Morgan fingerprint density at radius 2 is 1.23 bits per heavy atom. The molecule has 0 aliphatic carbocycles. The third kappa shape index (κ3) is 14.9. The summed E-state index contributed by atoms with van der Waals surface area (Å²) in [6, 6.07) is 0. The molecule has 0 rings (SSSR count). The van der Waals surface area contributed by atoms with Gasteiger partial charge in [-0.2, -0.15) is 0 Å². The predicted octanol–water partition coefficient (Wildman–Crippen LogP) is -1.55. The molecule has 0 spiro atoms. The van der Waals surface area contributed by atoms with Gasteiger partial charge in [0.2, 0.25) is 0 Å². The van der Waals surface area contributed by atoms with E-state index in [0.29, 0.717) is 0 Å². The molecule has 0 aliphatic rings. The third-order valence-electron chi connectivity index (χ3n) is 3.61. The summed E-state index contributed by atoms with van der Waals surface area (Å²) in [4.78, 5) is 84.5. The van der Waals surface area contributed by atoms with Gasteiger partial charge >= 0.3 is 36.4 Å². The first-order valence-electron chi connectivity index (χ1n) is 8.03. The van der Waals surface area contributed by atoms with Gasteiger partial charge in [0.15, 0.2) is 0 Å². The van der Waals surface area contributed by atoms with Gasteiger partial charge < -0.3 is 44.3 Å². The molecule has 0 bridgehead atoms. The van der Waals surface area contributed by atoms with Crippen molar-refractivity contribution in [1.82, 2.24) is 10.2 Å². The Hall–Kier alpha value is -0.0100. The fourth-order valence-electron chi connectivity index (χ4n) is 2.55. The van der Waals surface area contributed by atoms with Crippen LogP contribution in [0.15, 0.2) is 0 Å². The van der Waals surface area contributed by atoms with E-state index in [1.165, 1.54) is 0 Å². The van der Waals surface area contributed by atoms with Gasteiger partial charge in [-0.1, -0.05) is 0 Å². The van der Waals surface area contributed by atoms with Gasteiger partial charge in [0, 0.05) is 0 Å². The maximum atomic E-state index is 11.6. The topological polar surface area (TPSA) is 283 Å². The highest BCUT2D eigenvalue weighted by atomic mass is 31.2. The zero-order valence-electron chi connectivity index (χ0n) is 15.5. The second-order valence-corrected chi connectivity index (χ2v) is 13.2. The number of carbonyl (C=O) groups is 1. The molecule has 0 aromatic heterocycles. The van der Waals surface area contributed by atoms with E-state index < -0.39 is 73.3 Å². The maximum absolute atomic E-state index is 11.6. The summed E-state index contributed by atoms with van der Waals surface area (Å²) in [5.41, 5.74) is -2.42. The van der Waals surface area contributed by atoms with E-state index in [0.717, 1.165) is 4.90 Å². The lowest BCUT2D eigenvalue weighted by molar-refractivity contribution is -0.144. The number of aliphatic carboxylic acids is 1. The largest absolute Gasteiger partial charge is 0.480 e. The summed E-state index contributed by atoms with van der Waals surface area (Å²) in [6.45, 7) is -0.305. The molecule has 0 saturated heterocycles. The van der Waals surface area contributed by atoms with E-state index in [2.05, 4.69) is 0 Å². The fraction of sp³-hybridized carbons (Fsp3) is 0.900. The van der Waals surface area contributed by atoms with Gasteiger partial charge in [0.25, 0.3) is 0 Å². The van der Waals surface area contributed by atoms with Crippen LogP contribution in [0.25, 0.3) is 0 Å². The summed E-state index contributed by atoms with van der Waals surface area (Å²) >= 11 is 0. The smallest absolute Gasteiger partial charge is 0.339 e. The SMILES string of the molecule is O=C(O)[C@@](CCCCN(CP(=O)(O)O)CP(=O)(O)O)(CP(=O)(O)O)NCP(=O)(O)O. The van der Waals surface area contributed by atoms with Crippen LogP contribution in [0.5, 0.6) is 0 Å². The average molecular weight is 522 g/mol. The zero-order chi connectivity index (χ0) is 24.0. The molecule has 0 radical (unpaired) electrons. The number of carboxylic acid groups (broad SMARTS) is 1. The summed E-state index contributed by atoms with van der Waals surface area (Å²) in [5, 5.41) is 11.4. The minimum atomic E-state index is -4.96. The number of hydrogen-bond acceptors (Lipinski definition) is 7. The second-order valence-electron chi connectivity index (χ2n) is 6.67. The quantitative estimate of drug-likeness (QED) is 0.0861. The summed E-state index contributed by atoms with van der Waals surface area (Å²) in [5.74, 6) is -1.79. The Labute approximate surface area is 170 Å². The van der Waals surface area contributed by atoms with Crippen molar-refractivity contribution in [2.75, 3.05) is 31.6 Å². The van der Waals surface area contributed by atoms with E-state index in [4.69, 9.17) is 39.1 Å². The van der Waals surface area contributed by atoms with Crippen molar-refractivity contribution < 1.29 is 67.3 Å². The number of unbranched alkanes of at least 4 members (excludes halogenated alkanes) is 1. The molecule has 0 fully saturated rings. The molecule has 0 unspecified atom stereocenters. The van der Waals surface area contributed by atoms with E-state index in [9.17, 15) is 28.2 Å². The third-order valence-corrected chi connectivity index (χ3v) is 6.66. The lowest BCUT2D eigenvalue weighted by Crippen LogP contribution is -2.55. The molecule has 0 aromatic rings. The minimum Gasteiger partial charge on any atom is -0.480 e. The summed E-state index contributed by atoms with van der Waals surface area (Å²) in [7, 11) is -19.1. The van der Waals surface area contributed by atoms with Crippen molar-refractivity contribution in [2.24, 2.45) is 0 Å². The molecular formula is C10H26N2O14P4. The lowest BCUT2D eigenvalue weighted by atomic mass is 9.95. The average Bonchev–Trinajstić information content (AvgIpc) is 2.43. The van der Waals surface area contributed by atoms with Crippen LogP contribution < -0.4 is 5.32 Å². The van der Waals surface area contributed by atoms with Gasteiger partial charge in [0.1, 0.15) is 18.1 Å². The number of nitrogens with zero attached hydrogens (tertiary/aromatic N) is 1. The molecular weight excluding hydrogens is 496 g/mol. The molecule has 10 N–H and O–H groups in total. The van der Waals surface area contributed by atoms with E-state index in [1.807, 2.05) is 5.32 Å². The molecule has 0 aromatic carbocycles. The Morgan fingerprint density at radius 1 is 0.767 bits per heavy atom. The standard InChI is InChI=1S/C10H26N2O14P4/c13-9(14)10(5-27(15,16)17,11-6-28(18,19)20)3-1-2-4-12(7-29(21,22)23)8-30(24,25)26/h11H,1-8H2,(H,13,14)(H2,15,16,17)(H2,18,19,20)(H2,21,22,23)(H2,24,25,26)/t10-/m1/s1. The number of nitrogens with one attached hydrogen (secondary N) is 1. The minimum absolute atomic E-state index is 0.103. The maximum Gasteiger partial charge on any atom is 0.339 e. The van der Waals surface area contributed by atoms with Crippen LogP contribution in [0, 0.1) is 0 Å². The Kier molecular flexibility index (Phi) is 11.2. The highest BCUT2D eigenvalue weighted by molar-refractivity contribution is 7.53. The Balaban J connectivity index is 5.29. The van der Waals surface area contributed by atoms with Crippen molar-refractivity contribution in [3.05, 3.63) is 0 Å². The highest BCUT2D eigenvalue weighted by Gasteiger charge is 2.44. The summed E-state index contributed by atoms with van der Waals surface area (Å²) in [6.07, 6.45) is -5.27. The lowest BCUT2D eigenvalue weighted by Gasteiger charge is -2.31. The van der Waals surface area contributed by atoms with Crippen LogP contribution in [0.3, 0.4) is 0 Å². The van der Waals surface area contributed by atoms with Gasteiger partial charge in [-0.05, 0) is 25.8 Å². The van der Waals surface area contributed by atoms with Gasteiger partial charge in [-0.3, -0.25) is 33.3 Å². The first kappa shape index (κ1) is 30.0. The fourth-order valence-corrected chi connectivity index (χ4v) is 5.85. The first-order chi connectivity index (χ1) is 13.1. The Morgan fingerprint density at radius 3 is 1.57 bits per heavy atom. The zero-order valence-corrected chi connectivity index (χ0v) is 19.0. The van der Waals surface area contributed by atoms with Gasteiger partial charge in [-0.25, -0.2) is 0 Å². The van der Waals surface area contributed by atoms with Crippen LogP contribution in [-0.4, -0.2) is 92.2 Å². The van der Waals surface area contributed by atoms with Crippen molar-refractivity contribution >= 4 is 36.4 Å². The molecule has 20 heteroatoms. The molecule has 0 saturated carbocycles. The van der Waals surface area contributed by atoms with Crippen LogP contribution >= 0.6 is 30.4 Å². The molecule has 16 nitrogen and oxygen atoms in total. The molecule has 1 atom stereocenters. The van der Waals surface area contributed by atoms with Gasteiger partial charge in [-0.15, -0.1) is 0 Å². The second kappa shape index (κ2) is 11.2. The normalized spacial score (nSPS) is 15.9. The number of hydrogen-bond donors (Lipinski definition) is 10. The molecule has 0 amide bonds. The highest BCUT2D eigenvalue weighted by Crippen LogP contribution is 2.43. The monoisotopic (exact) mass is 522 g/mol. The van der Waals surface area contributed by atoms with Crippen LogP contribution in [0.4, 0.5) is 0 Å². The summed E-state index contributed by atoms with van der Waals surface area (Å²) < 4.78 is 44.6. The molecule has 0 aliphatic heterocycles. The van der Waals surface area contributed by atoms with Crippen molar-refractivity contribution in [3.8, 4) is 0 Å². The van der Waals surface area contributed by atoms with E-state index in [1.54, 1.807) is 0 Å². The van der Waals surface area contributed by atoms with Crippen molar-refractivity contribution in [1.29, 1.82) is 0 Å². The van der Waals surface area contributed by atoms with E-state index in [-0.39, 0.29) is 19.4 Å². The van der Waals surface area contributed by atoms with Crippen molar-refractivity contribution in [3.63, 3.8) is 0 Å². The van der Waals surface area contributed by atoms with Crippen LogP contribution in [-0.2, 0) is 23.1 Å². The van der Waals surface area contributed by atoms with Crippen LogP contribution in [0.1, 0.15) is 19.3 Å². The molecule has 0 heterocycles. The number of carboxylic acids is 1. The molecule has 30 heavy (non-hydrogen) atoms. The van der Waals surface area contributed by atoms with Gasteiger partial charge in [0.05, 0.1) is 12.4 Å². The number of rotatable bonds is 15. The first-order valence-corrected chi connectivity index (χ1v) is 15.2. The Bertz CT molecular complexity index is 743. The van der Waals surface area contributed by atoms with Crippen molar-refractivity contribution in [2.45, 2.75) is 24.8 Å². The van der Waals surface area contributed by atoms with Crippen LogP contribution in [0.2, 0.25) is 0 Å². The molecule has 180 valence electrons. The predicted molar refractivity (Wildman–Crippen MR) is 102 cm³/mol. The van der Waals surface area contributed by atoms with E-state index >= 15 is 0 Å².